The van der Waals surface area contributed by atoms with Crippen LogP contribution in [-0.4, -0.2) is 36.8 Å². The zero-order valence-corrected chi connectivity index (χ0v) is 16.6. The molecule has 0 aromatic heterocycles. The van der Waals surface area contributed by atoms with Gasteiger partial charge in [-0.25, -0.2) is 4.99 Å². The van der Waals surface area contributed by atoms with Gasteiger partial charge >= 0.3 is 0 Å². The average molecular weight is 421 g/mol. The SMILES string of the molecule is CCC1COc2cc(C(=O)NCC3C(=O)N=C(C)C=C3C)cc(Br)c2O1. The number of halogens is 1. The summed E-state index contributed by atoms with van der Waals surface area (Å²) in [4.78, 5) is 28.5. The van der Waals surface area contributed by atoms with E-state index in [-0.39, 0.29) is 24.5 Å². The van der Waals surface area contributed by atoms with Crippen LogP contribution in [0.1, 0.15) is 37.6 Å². The maximum Gasteiger partial charge on any atom is 0.254 e. The van der Waals surface area contributed by atoms with Gasteiger partial charge in [-0.05, 0) is 54.4 Å². The molecule has 7 heteroatoms. The van der Waals surface area contributed by atoms with E-state index in [9.17, 15) is 9.59 Å². The highest BCUT2D eigenvalue weighted by Gasteiger charge is 2.26. The fourth-order valence-electron chi connectivity index (χ4n) is 2.96. The van der Waals surface area contributed by atoms with Crippen LogP contribution < -0.4 is 14.8 Å². The molecule has 2 unspecified atom stereocenters. The number of nitrogens with zero attached hydrogens (tertiary/aromatic N) is 1. The maximum atomic E-state index is 12.5. The Labute approximate surface area is 160 Å². The summed E-state index contributed by atoms with van der Waals surface area (Å²) in [6.07, 6.45) is 2.72. The van der Waals surface area contributed by atoms with Crippen molar-refractivity contribution in [3.63, 3.8) is 0 Å². The predicted octanol–water partition coefficient (Wildman–Crippen LogP) is 3.29. The van der Waals surface area contributed by atoms with Gasteiger partial charge in [0.2, 0.25) is 0 Å². The first-order chi connectivity index (χ1) is 12.4. The summed E-state index contributed by atoms with van der Waals surface area (Å²) in [6, 6.07) is 3.36. The van der Waals surface area contributed by atoms with Crippen molar-refractivity contribution in [1.82, 2.24) is 5.32 Å². The second-order valence-corrected chi connectivity index (χ2v) is 7.34. The Balaban J connectivity index is 1.70. The number of fused-ring (bicyclic) bond motifs is 1. The van der Waals surface area contributed by atoms with Gasteiger partial charge in [0.15, 0.2) is 11.5 Å². The molecule has 1 aromatic carbocycles. The lowest BCUT2D eigenvalue weighted by Gasteiger charge is -2.27. The van der Waals surface area contributed by atoms with Crippen LogP contribution in [-0.2, 0) is 4.79 Å². The van der Waals surface area contributed by atoms with Crippen LogP contribution in [0.15, 0.2) is 33.2 Å². The van der Waals surface area contributed by atoms with E-state index in [0.29, 0.717) is 33.9 Å². The van der Waals surface area contributed by atoms with Crippen molar-refractivity contribution < 1.29 is 19.1 Å². The zero-order chi connectivity index (χ0) is 18.8. The number of carbonyl (C=O) groups excluding carboxylic acids is 2. The minimum atomic E-state index is -0.423. The molecule has 0 saturated carbocycles. The van der Waals surface area contributed by atoms with Crippen LogP contribution in [0.5, 0.6) is 11.5 Å². The maximum absolute atomic E-state index is 12.5. The number of ether oxygens (including phenoxy) is 2. The van der Waals surface area contributed by atoms with Crippen molar-refractivity contribution in [2.75, 3.05) is 13.2 Å². The number of aliphatic imine (C=N–C) groups is 1. The Morgan fingerprint density at radius 1 is 1.38 bits per heavy atom. The van der Waals surface area contributed by atoms with Crippen LogP contribution >= 0.6 is 15.9 Å². The number of carbonyl (C=O) groups is 2. The van der Waals surface area contributed by atoms with Crippen molar-refractivity contribution in [2.45, 2.75) is 33.3 Å². The largest absolute Gasteiger partial charge is 0.486 e. The molecule has 2 heterocycles. The van der Waals surface area contributed by atoms with E-state index >= 15 is 0 Å². The van der Waals surface area contributed by atoms with Gasteiger partial charge in [-0.2, -0.15) is 0 Å². The third kappa shape index (κ3) is 3.82. The van der Waals surface area contributed by atoms with Crippen LogP contribution in [0.3, 0.4) is 0 Å². The Bertz CT molecular complexity index is 816. The molecular weight excluding hydrogens is 400 g/mol. The molecule has 0 bridgehead atoms. The Hall–Kier alpha value is -2.15. The molecule has 2 aliphatic rings. The first-order valence-corrected chi connectivity index (χ1v) is 9.36. The highest BCUT2D eigenvalue weighted by molar-refractivity contribution is 9.10. The van der Waals surface area contributed by atoms with Gasteiger partial charge in [0.25, 0.3) is 11.8 Å². The monoisotopic (exact) mass is 420 g/mol. The highest BCUT2D eigenvalue weighted by atomic mass is 79.9. The highest BCUT2D eigenvalue weighted by Crippen LogP contribution is 2.40. The number of dihydropyridines is 1. The second-order valence-electron chi connectivity index (χ2n) is 6.49. The van der Waals surface area contributed by atoms with Crippen LogP contribution in [0, 0.1) is 5.92 Å². The van der Waals surface area contributed by atoms with Gasteiger partial charge < -0.3 is 14.8 Å². The van der Waals surface area contributed by atoms with E-state index < -0.39 is 5.92 Å². The molecule has 2 atom stereocenters. The average Bonchev–Trinajstić information content (AvgIpc) is 2.60. The lowest BCUT2D eigenvalue weighted by molar-refractivity contribution is -0.120. The Kier molecular flexibility index (Phi) is 5.46. The number of benzene rings is 1. The summed E-state index contributed by atoms with van der Waals surface area (Å²) in [5.41, 5.74) is 2.03. The second kappa shape index (κ2) is 7.61. The number of hydrogen-bond acceptors (Lipinski definition) is 4. The van der Waals surface area contributed by atoms with Gasteiger partial charge in [0.05, 0.1) is 10.4 Å². The third-order valence-corrected chi connectivity index (χ3v) is 5.06. The minimum Gasteiger partial charge on any atom is -0.486 e. The molecular formula is C19H21BrN2O4. The van der Waals surface area contributed by atoms with Gasteiger partial charge in [-0.3, -0.25) is 9.59 Å². The lowest BCUT2D eigenvalue weighted by Crippen LogP contribution is -2.35. The molecule has 138 valence electrons. The normalized spacial score (nSPS) is 21.8. The minimum absolute atomic E-state index is 0.00886. The van der Waals surface area contributed by atoms with Gasteiger partial charge in [0.1, 0.15) is 12.7 Å². The molecule has 2 aliphatic heterocycles. The molecule has 0 spiro atoms. The quantitative estimate of drug-likeness (QED) is 0.810. The number of hydrogen-bond donors (Lipinski definition) is 1. The summed E-state index contributed by atoms with van der Waals surface area (Å²) in [5.74, 6) is 0.233. The molecule has 6 nitrogen and oxygen atoms in total. The fourth-order valence-corrected chi connectivity index (χ4v) is 3.49. The first-order valence-electron chi connectivity index (χ1n) is 8.57. The number of nitrogens with one attached hydrogen (secondary N) is 1. The molecule has 0 fully saturated rings. The first kappa shape index (κ1) is 18.6. The summed E-state index contributed by atoms with van der Waals surface area (Å²) in [7, 11) is 0. The topological polar surface area (TPSA) is 77.0 Å². The number of amides is 2. The van der Waals surface area contributed by atoms with Crippen molar-refractivity contribution in [3.05, 3.63) is 33.8 Å². The van der Waals surface area contributed by atoms with E-state index in [4.69, 9.17) is 9.47 Å². The molecule has 0 radical (unpaired) electrons. The van der Waals surface area contributed by atoms with Gasteiger partial charge in [-0.15, -0.1) is 0 Å². The summed E-state index contributed by atoms with van der Waals surface area (Å²) < 4.78 is 12.3. The zero-order valence-electron chi connectivity index (χ0n) is 15.0. The molecule has 0 saturated heterocycles. The molecule has 1 aromatic rings. The Morgan fingerprint density at radius 3 is 2.85 bits per heavy atom. The standard InChI is InChI=1S/C19H21BrN2O4/c1-4-13-9-25-16-7-12(6-15(20)17(16)26-13)18(23)21-8-14-10(2)5-11(3)22-19(14)24/h5-7,13-14H,4,8-9H2,1-3H3,(H,21,23). The van der Waals surface area contributed by atoms with E-state index in [1.807, 2.05) is 19.9 Å². The molecule has 26 heavy (non-hydrogen) atoms. The predicted molar refractivity (Wildman–Crippen MR) is 102 cm³/mol. The lowest BCUT2D eigenvalue weighted by atomic mass is 9.95. The number of rotatable bonds is 4. The van der Waals surface area contributed by atoms with Crippen LogP contribution in [0.4, 0.5) is 0 Å². The van der Waals surface area contributed by atoms with Crippen LogP contribution in [0.2, 0.25) is 0 Å². The van der Waals surface area contributed by atoms with Crippen molar-refractivity contribution in [2.24, 2.45) is 10.9 Å². The summed E-state index contributed by atoms with van der Waals surface area (Å²) in [6.45, 7) is 6.35. The summed E-state index contributed by atoms with van der Waals surface area (Å²) >= 11 is 3.45. The molecule has 0 aliphatic carbocycles. The van der Waals surface area contributed by atoms with E-state index in [1.165, 1.54) is 0 Å². The fraction of sp³-hybridized carbons (Fsp3) is 0.421. The van der Waals surface area contributed by atoms with E-state index in [0.717, 1.165) is 12.0 Å². The third-order valence-electron chi connectivity index (χ3n) is 4.47. The van der Waals surface area contributed by atoms with E-state index in [1.54, 1.807) is 19.1 Å². The summed E-state index contributed by atoms with van der Waals surface area (Å²) in [5, 5.41) is 2.81. The molecule has 3 rings (SSSR count). The smallest absolute Gasteiger partial charge is 0.254 e. The molecule has 2 amide bonds. The Morgan fingerprint density at radius 2 is 2.15 bits per heavy atom. The molecule has 1 N–H and O–H groups in total. The van der Waals surface area contributed by atoms with Crippen molar-refractivity contribution in [1.29, 1.82) is 0 Å². The van der Waals surface area contributed by atoms with Crippen molar-refractivity contribution in [3.8, 4) is 11.5 Å². The van der Waals surface area contributed by atoms with Gasteiger partial charge in [-0.1, -0.05) is 12.5 Å². The number of allylic oxidation sites excluding steroid dienone is 1. The van der Waals surface area contributed by atoms with E-state index in [2.05, 4.69) is 26.2 Å². The van der Waals surface area contributed by atoms with Crippen LogP contribution in [0.25, 0.3) is 0 Å². The van der Waals surface area contributed by atoms with Gasteiger partial charge in [0, 0.05) is 17.8 Å². The van der Waals surface area contributed by atoms with Crippen molar-refractivity contribution >= 4 is 33.5 Å².